The number of hydrogen-bond donors (Lipinski definition) is 0. The number of anilines is 1. The Balaban J connectivity index is 1.68. The minimum absolute atomic E-state index is 0.0656. The Labute approximate surface area is 179 Å². The van der Waals surface area contributed by atoms with Gasteiger partial charge in [-0.3, -0.25) is 9.13 Å². The van der Waals surface area contributed by atoms with E-state index in [1.165, 1.54) is 12.1 Å². The summed E-state index contributed by atoms with van der Waals surface area (Å²) in [6.07, 6.45) is 6.20. The van der Waals surface area contributed by atoms with Gasteiger partial charge in [0.1, 0.15) is 23.2 Å². The minimum Gasteiger partial charge on any atom is -0.342 e. The van der Waals surface area contributed by atoms with Gasteiger partial charge in [-0.05, 0) is 51.5 Å². The lowest BCUT2D eigenvalue weighted by atomic mass is 10.1. The molecular weight excluding hydrogens is 395 g/mol. The predicted molar refractivity (Wildman–Crippen MR) is 115 cm³/mol. The van der Waals surface area contributed by atoms with Crippen LogP contribution in [-0.2, 0) is 0 Å². The molecule has 158 valence electrons. The molecule has 0 spiro atoms. The summed E-state index contributed by atoms with van der Waals surface area (Å²) >= 11 is 0. The second kappa shape index (κ2) is 7.26. The normalized spacial score (nSPS) is 15.3. The number of imidazole rings is 1. The van der Waals surface area contributed by atoms with Crippen LogP contribution in [-0.4, -0.2) is 40.3 Å². The second-order valence-electron chi connectivity index (χ2n) is 7.87. The fourth-order valence-electron chi connectivity index (χ4n) is 4.25. The van der Waals surface area contributed by atoms with E-state index in [1.54, 1.807) is 18.3 Å². The highest BCUT2D eigenvalue weighted by Crippen LogP contribution is 2.40. The van der Waals surface area contributed by atoms with E-state index < -0.39 is 0 Å². The van der Waals surface area contributed by atoms with Crippen LogP contribution in [0, 0.1) is 12.7 Å². The van der Waals surface area contributed by atoms with E-state index >= 15 is 0 Å². The molecule has 0 saturated carbocycles. The van der Waals surface area contributed by atoms with Crippen LogP contribution in [0.4, 0.5) is 10.2 Å². The summed E-state index contributed by atoms with van der Waals surface area (Å²) in [5, 5.41) is 8.75. The molecule has 0 bridgehead atoms. The molecule has 1 aliphatic heterocycles. The highest BCUT2D eigenvalue weighted by atomic mass is 19.1. The third kappa shape index (κ3) is 2.99. The maximum Gasteiger partial charge on any atom is 0.237 e. The zero-order valence-corrected chi connectivity index (χ0v) is 17.9. The van der Waals surface area contributed by atoms with Gasteiger partial charge in [0.25, 0.3) is 0 Å². The van der Waals surface area contributed by atoms with E-state index in [9.17, 15) is 4.39 Å². The van der Waals surface area contributed by atoms with Crippen LogP contribution in [0.5, 0.6) is 0 Å². The average Bonchev–Trinajstić information content (AvgIpc) is 3.40. The molecule has 8 nitrogen and oxygen atoms in total. The summed E-state index contributed by atoms with van der Waals surface area (Å²) in [5.74, 6) is 3.42. The molecule has 1 aromatic carbocycles. The number of nitrogens with zero attached hydrogens (tertiary/aromatic N) is 8. The van der Waals surface area contributed by atoms with Crippen molar-refractivity contribution in [3.63, 3.8) is 0 Å². The van der Waals surface area contributed by atoms with Gasteiger partial charge in [0.2, 0.25) is 5.95 Å². The fourth-order valence-corrected chi connectivity index (χ4v) is 4.25. The Bertz CT molecular complexity index is 1240. The molecule has 4 aromatic rings. The standard InChI is InChI=1S/C22H23FN8/c1-5-17-21-28-27-14(4)31(21)18-12-25-22(26-20(18)30(17)13(2)3)29-11-10-24-19(29)15-6-8-16(23)9-7-15/h6-13,17H,5H2,1-4H3/t17-/m1/s1. The van der Waals surface area contributed by atoms with Crippen LogP contribution < -0.4 is 4.90 Å². The Morgan fingerprint density at radius 2 is 1.87 bits per heavy atom. The lowest BCUT2D eigenvalue weighted by Gasteiger charge is -2.39. The van der Waals surface area contributed by atoms with E-state index in [1.807, 2.05) is 28.5 Å². The molecule has 0 amide bonds. The van der Waals surface area contributed by atoms with E-state index in [4.69, 9.17) is 4.98 Å². The lowest BCUT2D eigenvalue weighted by Crippen LogP contribution is -2.40. The molecular formula is C22H23FN8. The summed E-state index contributed by atoms with van der Waals surface area (Å²) in [6, 6.07) is 6.52. The third-order valence-electron chi connectivity index (χ3n) is 5.61. The van der Waals surface area contributed by atoms with Gasteiger partial charge in [-0.25, -0.2) is 14.4 Å². The minimum atomic E-state index is -0.287. The molecule has 9 heteroatoms. The molecule has 0 N–H and O–H groups in total. The van der Waals surface area contributed by atoms with Gasteiger partial charge in [-0.2, -0.15) is 4.98 Å². The molecule has 0 aliphatic carbocycles. The van der Waals surface area contributed by atoms with Crippen molar-refractivity contribution in [2.75, 3.05) is 4.90 Å². The molecule has 4 heterocycles. The van der Waals surface area contributed by atoms with Crippen molar-refractivity contribution >= 4 is 5.82 Å². The highest BCUT2D eigenvalue weighted by Gasteiger charge is 2.36. The highest BCUT2D eigenvalue weighted by molar-refractivity contribution is 5.64. The second-order valence-corrected chi connectivity index (χ2v) is 7.87. The first-order valence-electron chi connectivity index (χ1n) is 10.4. The van der Waals surface area contributed by atoms with Gasteiger partial charge in [-0.15, -0.1) is 10.2 Å². The van der Waals surface area contributed by atoms with Gasteiger partial charge in [0.15, 0.2) is 11.6 Å². The number of aryl methyl sites for hydroxylation is 1. The first-order chi connectivity index (χ1) is 15.0. The van der Waals surface area contributed by atoms with Crippen molar-refractivity contribution in [2.24, 2.45) is 0 Å². The lowest BCUT2D eigenvalue weighted by molar-refractivity contribution is 0.496. The number of fused-ring (bicyclic) bond motifs is 3. The van der Waals surface area contributed by atoms with Gasteiger partial charge in [0, 0.05) is 24.0 Å². The van der Waals surface area contributed by atoms with Gasteiger partial charge < -0.3 is 4.90 Å². The Hall–Kier alpha value is -3.62. The van der Waals surface area contributed by atoms with E-state index in [0.717, 1.165) is 35.1 Å². The Morgan fingerprint density at radius 3 is 2.58 bits per heavy atom. The maximum atomic E-state index is 13.4. The largest absolute Gasteiger partial charge is 0.342 e. The van der Waals surface area contributed by atoms with Crippen LogP contribution >= 0.6 is 0 Å². The van der Waals surface area contributed by atoms with Crippen molar-refractivity contribution in [1.82, 2.24) is 34.3 Å². The molecule has 0 saturated heterocycles. The quantitative estimate of drug-likeness (QED) is 0.498. The summed E-state index contributed by atoms with van der Waals surface area (Å²) in [6.45, 7) is 8.38. The van der Waals surface area contributed by atoms with Crippen LogP contribution in [0.2, 0.25) is 0 Å². The zero-order valence-electron chi connectivity index (χ0n) is 17.9. The van der Waals surface area contributed by atoms with E-state index in [0.29, 0.717) is 11.8 Å². The van der Waals surface area contributed by atoms with Crippen LogP contribution in [0.1, 0.15) is 44.9 Å². The number of hydrogen-bond acceptors (Lipinski definition) is 6. The monoisotopic (exact) mass is 418 g/mol. The van der Waals surface area contributed by atoms with Crippen molar-refractivity contribution in [3.8, 4) is 23.0 Å². The summed E-state index contributed by atoms with van der Waals surface area (Å²) in [4.78, 5) is 16.3. The molecule has 0 fully saturated rings. The average molecular weight is 418 g/mol. The number of halogens is 1. The molecule has 3 aromatic heterocycles. The number of rotatable bonds is 4. The summed E-state index contributed by atoms with van der Waals surface area (Å²) < 4.78 is 17.3. The van der Waals surface area contributed by atoms with Gasteiger partial charge in [-0.1, -0.05) is 6.92 Å². The maximum absolute atomic E-state index is 13.4. The first-order valence-corrected chi connectivity index (χ1v) is 10.4. The smallest absolute Gasteiger partial charge is 0.237 e. The van der Waals surface area contributed by atoms with Crippen LogP contribution in [0.15, 0.2) is 42.9 Å². The van der Waals surface area contributed by atoms with E-state index in [-0.39, 0.29) is 17.9 Å². The molecule has 0 unspecified atom stereocenters. The van der Waals surface area contributed by atoms with E-state index in [2.05, 4.69) is 45.8 Å². The molecule has 0 radical (unpaired) electrons. The van der Waals surface area contributed by atoms with Crippen LogP contribution in [0.3, 0.4) is 0 Å². The van der Waals surface area contributed by atoms with Crippen LogP contribution in [0.25, 0.3) is 23.0 Å². The zero-order chi connectivity index (χ0) is 21.7. The molecule has 1 aliphatic rings. The fraction of sp³-hybridized carbons (Fsp3) is 0.318. The topological polar surface area (TPSA) is 77.5 Å². The summed E-state index contributed by atoms with van der Waals surface area (Å²) in [5.41, 5.74) is 1.65. The third-order valence-corrected chi connectivity index (χ3v) is 5.61. The van der Waals surface area contributed by atoms with Crippen molar-refractivity contribution < 1.29 is 4.39 Å². The van der Waals surface area contributed by atoms with Crippen molar-refractivity contribution in [2.45, 2.75) is 46.2 Å². The number of aromatic nitrogens is 7. The summed E-state index contributed by atoms with van der Waals surface area (Å²) in [7, 11) is 0. The Morgan fingerprint density at radius 1 is 1.10 bits per heavy atom. The molecule has 5 rings (SSSR count). The van der Waals surface area contributed by atoms with Crippen molar-refractivity contribution in [3.05, 3.63) is 60.3 Å². The molecule has 31 heavy (non-hydrogen) atoms. The van der Waals surface area contributed by atoms with Crippen molar-refractivity contribution in [1.29, 1.82) is 0 Å². The SMILES string of the molecule is CC[C@@H]1c2nnc(C)n2-c2cnc(-n3ccnc3-c3ccc(F)cc3)nc2N1C(C)C. The first kappa shape index (κ1) is 19.3. The molecule has 1 atom stereocenters. The number of benzene rings is 1. The predicted octanol–water partition coefficient (Wildman–Crippen LogP) is 4.04. The van der Waals surface area contributed by atoms with Gasteiger partial charge in [0.05, 0.1) is 12.2 Å². The van der Waals surface area contributed by atoms with Gasteiger partial charge >= 0.3 is 0 Å². The Kier molecular flexibility index (Phi) is 4.53.